The summed E-state index contributed by atoms with van der Waals surface area (Å²) in [5, 5.41) is 3.41. The molecule has 2 rings (SSSR count). The zero-order valence-corrected chi connectivity index (χ0v) is 12.8. The van der Waals surface area contributed by atoms with Gasteiger partial charge in [-0.05, 0) is 18.9 Å². The monoisotopic (exact) mass is 330 g/mol. The topological polar surface area (TPSA) is 88.3 Å². The van der Waals surface area contributed by atoms with Crippen LogP contribution in [0.15, 0.2) is 12.3 Å². The molecule has 114 valence electrons. The molecule has 1 fully saturated rings. The maximum atomic E-state index is 12.2. The van der Waals surface area contributed by atoms with Crippen LogP contribution in [0.25, 0.3) is 0 Å². The first kappa shape index (κ1) is 16.0. The third kappa shape index (κ3) is 4.56. The minimum Gasteiger partial charge on any atom is -0.369 e. The average Bonchev–Trinajstić information content (AvgIpc) is 2.43. The molecule has 21 heavy (non-hydrogen) atoms. The van der Waals surface area contributed by atoms with Crippen molar-refractivity contribution in [3.63, 3.8) is 0 Å². The quantitative estimate of drug-likeness (QED) is 0.808. The van der Waals surface area contributed by atoms with E-state index in [2.05, 4.69) is 10.3 Å². The van der Waals surface area contributed by atoms with Gasteiger partial charge in [0.05, 0.1) is 17.1 Å². The maximum absolute atomic E-state index is 12.2. The van der Waals surface area contributed by atoms with E-state index < -0.39 is 0 Å². The summed E-state index contributed by atoms with van der Waals surface area (Å²) in [5.74, 6) is -0.603. The van der Waals surface area contributed by atoms with E-state index in [1.165, 1.54) is 12.3 Å². The molecule has 0 unspecified atom stereocenters. The summed E-state index contributed by atoms with van der Waals surface area (Å²) in [6, 6.07) is 1.49. The van der Waals surface area contributed by atoms with Crippen LogP contribution in [0.2, 0.25) is 10.2 Å². The van der Waals surface area contributed by atoms with Crippen molar-refractivity contribution in [2.75, 3.05) is 19.6 Å². The van der Waals surface area contributed by atoms with E-state index in [9.17, 15) is 9.59 Å². The summed E-state index contributed by atoms with van der Waals surface area (Å²) in [4.78, 5) is 28.8. The number of piperidine rings is 1. The largest absolute Gasteiger partial charge is 0.369 e. The van der Waals surface area contributed by atoms with Gasteiger partial charge in [-0.25, -0.2) is 4.98 Å². The fraction of sp³-hybridized carbons (Fsp3) is 0.462. The van der Waals surface area contributed by atoms with E-state index in [0.29, 0.717) is 5.56 Å². The van der Waals surface area contributed by atoms with E-state index in [1.807, 2.05) is 4.90 Å². The summed E-state index contributed by atoms with van der Waals surface area (Å²) >= 11 is 11.7. The lowest BCUT2D eigenvalue weighted by molar-refractivity contribution is -0.119. The summed E-state index contributed by atoms with van der Waals surface area (Å²) in [6.45, 7) is 1.70. The Bertz CT molecular complexity index is 545. The fourth-order valence-corrected chi connectivity index (χ4v) is 2.65. The number of carbonyl (C=O) groups excluding carboxylic acids is 2. The number of nitrogens with zero attached hydrogens (tertiary/aromatic N) is 2. The highest BCUT2D eigenvalue weighted by Gasteiger charge is 2.22. The van der Waals surface area contributed by atoms with Gasteiger partial charge in [0.25, 0.3) is 5.91 Å². The molecule has 2 heterocycles. The van der Waals surface area contributed by atoms with Gasteiger partial charge in [-0.15, -0.1) is 0 Å². The van der Waals surface area contributed by atoms with Gasteiger partial charge in [-0.3, -0.25) is 14.5 Å². The minimum atomic E-state index is -0.337. The van der Waals surface area contributed by atoms with E-state index in [0.717, 1.165) is 25.9 Å². The second-order valence-corrected chi connectivity index (χ2v) is 5.77. The SMILES string of the molecule is NC(=O)CN1CCC(NC(=O)c2cc(Cl)ncc2Cl)CC1. The summed E-state index contributed by atoms with van der Waals surface area (Å²) in [7, 11) is 0. The number of pyridine rings is 1. The third-order valence-electron chi connectivity index (χ3n) is 3.37. The van der Waals surface area contributed by atoms with Crippen LogP contribution in [0.3, 0.4) is 0 Å². The van der Waals surface area contributed by atoms with Gasteiger partial charge < -0.3 is 11.1 Å². The van der Waals surface area contributed by atoms with E-state index in [4.69, 9.17) is 28.9 Å². The molecule has 0 spiro atoms. The number of nitrogens with two attached hydrogens (primary N) is 1. The molecule has 8 heteroatoms. The van der Waals surface area contributed by atoms with E-state index in [-0.39, 0.29) is 34.6 Å². The predicted molar refractivity (Wildman–Crippen MR) is 80.4 cm³/mol. The number of nitrogens with one attached hydrogen (secondary N) is 1. The van der Waals surface area contributed by atoms with Crippen molar-refractivity contribution in [3.8, 4) is 0 Å². The summed E-state index contributed by atoms with van der Waals surface area (Å²) in [5.41, 5.74) is 5.48. The standard InChI is InChI=1S/C13H16Cl2N4O2/c14-10-6-17-11(15)5-9(10)13(21)18-8-1-3-19(4-2-8)7-12(16)20/h5-6,8H,1-4,7H2,(H2,16,20)(H,18,21). The van der Waals surface area contributed by atoms with Gasteiger partial charge >= 0.3 is 0 Å². The average molecular weight is 331 g/mol. The molecule has 2 amide bonds. The zero-order chi connectivity index (χ0) is 15.4. The Balaban J connectivity index is 1.90. The number of hydrogen-bond acceptors (Lipinski definition) is 4. The number of likely N-dealkylation sites (tertiary alicyclic amines) is 1. The molecule has 0 radical (unpaired) electrons. The van der Waals surface area contributed by atoms with Crippen LogP contribution < -0.4 is 11.1 Å². The second kappa shape index (κ2) is 7.06. The Morgan fingerprint density at radius 2 is 2.05 bits per heavy atom. The van der Waals surface area contributed by atoms with Gasteiger partial charge in [0.15, 0.2) is 0 Å². The molecule has 1 aromatic rings. The maximum Gasteiger partial charge on any atom is 0.253 e. The van der Waals surface area contributed by atoms with Crippen LogP contribution in [-0.2, 0) is 4.79 Å². The first-order valence-corrected chi connectivity index (χ1v) is 7.34. The highest BCUT2D eigenvalue weighted by molar-refractivity contribution is 6.35. The molecular formula is C13H16Cl2N4O2. The number of hydrogen-bond donors (Lipinski definition) is 2. The summed E-state index contributed by atoms with van der Waals surface area (Å²) in [6.07, 6.45) is 2.87. The molecule has 1 saturated heterocycles. The number of halogens is 2. The van der Waals surface area contributed by atoms with Crippen LogP contribution >= 0.6 is 23.2 Å². The number of aromatic nitrogens is 1. The molecule has 0 atom stereocenters. The highest BCUT2D eigenvalue weighted by atomic mass is 35.5. The molecule has 1 aliphatic heterocycles. The number of rotatable bonds is 4. The molecule has 6 nitrogen and oxygen atoms in total. The molecule has 3 N–H and O–H groups in total. The normalized spacial score (nSPS) is 16.7. The molecular weight excluding hydrogens is 315 g/mol. The van der Waals surface area contributed by atoms with Crippen molar-refractivity contribution in [1.29, 1.82) is 0 Å². The summed E-state index contributed by atoms with van der Waals surface area (Å²) < 4.78 is 0. The third-order valence-corrected chi connectivity index (χ3v) is 3.88. The van der Waals surface area contributed by atoms with Gasteiger partial charge in [0, 0.05) is 25.3 Å². The minimum absolute atomic E-state index is 0.0460. The Labute approximate surface area is 132 Å². The Morgan fingerprint density at radius 3 is 2.67 bits per heavy atom. The lowest BCUT2D eigenvalue weighted by Crippen LogP contribution is -2.46. The van der Waals surface area contributed by atoms with Crippen molar-refractivity contribution >= 4 is 35.0 Å². The Kier molecular flexibility index (Phi) is 5.39. The first-order chi connectivity index (χ1) is 9.95. The lowest BCUT2D eigenvalue weighted by Gasteiger charge is -2.31. The van der Waals surface area contributed by atoms with Gasteiger partial charge in [0.1, 0.15) is 5.15 Å². The van der Waals surface area contributed by atoms with E-state index in [1.54, 1.807) is 0 Å². The fourth-order valence-electron chi connectivity index (χ4n) is 2.31. The zero-order valence-electron chi connectivity index (χ0n) is 11.3. The van der Waals surface area contributed by atoms with Crippen LogP contribution in [0, 0.1) is 0 Å². The molecule has 0 bridgehead atoms. The molecule has 0 aliphatic carbocycles. The van der Waals surface area contributed by atoms with Crippen molar-refractivity contribution in [2.24, 2.45) is 5.73 Å². The predicted octanol–water partition coefficient (Wildman–Crippen LogP) is 1.07. The highest BCUT2D eigenvalue weighted by Crippen LogP contribution is 2.19. The van der Waals surface area contributed by atoms with Gasteiger partial charge in [-0.2, -0.15) is 0 Å². The lowest BCUT2D eigenvalue weighted by atomic mass is 10.0. The molecule has 1 aromatic heterocycles. The Hall–Kier alpha value is -1.37. The van der Waals surface area contributed by atoms with Crippen molar-refractivity contribution in [1.82, 2.24) is 15.2 Å². The second-order valence-electron chi connectivity index (χ2n) is 4.98. The van der Waals surface area contributed by atoms with Crippen LogP contribution in [-0.4, -0.2) is 47.4 Å². The van der Waals surface area contributed by atoms with E-state index >= 15 is 0 Å². The molecule has 0 aromatic carbocycles. The van der Waals surface area contributed by atoms with Crippen molar-refractivity contribution < 1.29 is 9.59 Å². The van der Waals surface area contributed by atoms with Crippen LogP contribution in [0.1, 0.15) is 23.2 Å². The molecule has 1 aliphatic rings. The van der Waals surface area contributed by atoms with Gasteiger partial charge in [0.2, 0.25) is 5.91 Å². The van der Waals surface area contributed by atoms with Crippen molar-refractivity contribution in [2.45, 2.75) is 18.9 Å². The molecule has 0 saturated carbocycles. The first-order valence-electron chi connectivity index (χ1n) is 6.58. The van der Waals surface area contributed by atoms with Crippen LogP contribution in [0.5, 0.6) is 0 Å². The number of carbonyl (C=O) groups is 2. The number of primary amides is 1. The smallest absolute Gasteiger partial charge is 0.253 e. The van der Waals surface area contributed by atoms with Crippen LogP contribution in [0.4, 0.5) is 0 Å². The number of amides is 2. The van der Waals surface area contributed by atoms with Gasteiger partial charge in [-0.1, -0.05) is 23.2 Å². The van der Waals surface area contributed by atoms with Crippen molar-refractivity contribution in [3.05, 3.63) is 28.0 Å². The Morgan fingerprint density at radius 1 is 1.38 bits per heavy atom.